The van der Waals surface area contributed by atoms with Crippen molar-refractivity contribution in [3.8, 4) is 0 Å². The molecule has 0 atom stereocenters. The molecule has 0 aromatic heterocycles. The van der Waals surface area contributed by atoms with Gasteiger partial charge in [-0.05, 0) is 11.7 Å². The number of hydrogen-bond donors (Lipinski definition) is 0. The number of thioether (sulfide) groups is 1. The summed E-state index contributed by atoms with van der Waals surface area (Å²) < 4.78 is 0. The second-order valence-electron chi connectivity index (χ2n) is 6.94. The zero-order valence-corrected chi connectivity index (χ0v) is 16.4. The maximum Gasteiger partial charge on any atom is 0.0169 e. The van der Waals surface area contributed by atoms with E-state index in [1.54, 1.807) is 0 Å². The molecule has 0 spiro atoms. The molecule has 0 aliphatic carbocycles. The Labute approximate surface area is 146 Å². The van der Waals surface area contributed by atoms with E-state index in [0.29, 0.717) is 0 Å². The maximum absolute atomic E-state index is 3.90. The van der Waals surface area contributed by atoms with Gasteiger partial charge in [-0.1, -0.05) is 117 Å². The highest BCUT2D eigenvalue weighted by Gasteiger charge is 1.96. The normalized spacial score (nSPS) is 11.5. The smallest absolute Gasteiger partial charge is 0.0169 e. The molecule has 0 N–H and O–H groups in total. The molecule has 0 bridgehead atoms. The molecule has 0 heterocycles. The summed E-state index contributed by atoms with van der Waals surface area (Å²) in [6.07, 6.45) is 22.6. The highest BCUT2D eigenvalue weighted by molar-refractivity contribution is 8.01. The van der Waals surface area contributed by atoms with Crippen LogP contribution in [0.4, 0.5) is 0 Å². The fraction of sp³-hybridized carbons (Fsp3) is 0.905. The van der Waals surface area contributed by atoms with Crippen LogP contribution in [0.15, 0.2) is 0 Å². The van der Waals surface area contributed by atoms with Gasteiger partial charge < -0.3 is 0 Å². The van der Waals surface area contributed by atoms with Gasteiger partial charge >= 0.3 is 0 Å². The summed E-state index contributed by atoms with van der Waals surface area (Å²) in [5.41, 5.74) is 0. The lowest BCUT2D eigenvalue weighted by Gasteiger charge is -2.04. The van der Waals surface area contributed by atoms with Gasteiger partial charge in [-0.3, -0.25) is 0 Å². The van der Waals surface area contributed by atoms with Gasteiger partial charge in [-0.15, -0.1) is 0 Å². The molecular weight excluding hydrogens is 284 g/mol. The average Bonchev–Trinajstić information content (AvgIpc) is 2.50. The van der Waals surface area contributed by atoms with E-state index >= 15 is 0 Å². The highest BCUT2D eigenvalue weighted by atomic mass is 32.2. The van der Waals surface area contributed by atoms with E-state index < -0.39 is 0 Å². The lowest BCUT2D eigenvalue weighted by atomic mass is 10.0. The Balaban J connectivity index is 2.94. The van der Waals surface area contributed by atoms with Crippen molar-refractivity contribution >= 4 is 11.8 Å². The molecule has 22 heavy (non-hydrogen) atoms. The van der Waals surface area contributed by atoms with Gasteiger partial charge in [0.1, 0.15) is 0 Å². The summed E-state index contributed by atoms with van der Waals surface area (Å²) in [6.45, 7) is 8.44. The third kappa shape index (κ3) is 20.3. The Morgan fingerprint density at radius 2 is 1.00 bits per heavy atom. The average molecular weight is 327 g/mol. The first-order valence-corrected chi connectivity index (χ1v) is 11.0. The fourth-order valence-electron chi connectivity index (χ4n) is 2.79. The van der Waals surface area contributed by atoms with Crippen molar-refractivity contribution in [2.24, 2.45) is 0 Å². The molecule has 1 heteroatoms. The van der Waals surface area contributed by atoms with Gasteiger partial charge in [0.2, 0.25) is 0 Å². The largest absolute Gasteiger partial charge is 0.155 e. The third-order valence-corrected chi connectivity index (χ3v) is 5.16. The van der Waals surface area contributed by atoms with Crippen LogP contribution in [-0.4, -0.2) is 5.25 Å². The van der Waals surface area contributed by atoms with E-state index in [1.807, 2.05) is 11.8 Å². The topological polar surface area (TPSA) is 0 Å². The standard InChI is InChI=1S/C21H42S/c1-4-5-6-7-8-9-10-11-12-13-14-15-16-17-18-19-20-22-21(2)3/h20-21H,1,4-19H2,2-3H3. The second-order valence-corrected chi connectivity index (χ2v) is 8.49. The van der Waals surface area contributed by atoms with Crippen LogP contribution >= 0.6 is 11.8 Å². The van der Waals surface area contributed by atoms with Gasteiger partial charge in [0.25, 0.3) is 0 Å². The van der Waals surface area contributed by atoms with E-state index in [4.69, 9.17) is 0 Å². The molecule has 0 amide bonds. The minimum absolute atomic E-state index is 0.758. The molecule has 0 saturated carbocycles. The Kier molecular flexibility index (Phi) is 19.7. The molecule has 132 valence electrons. The Hall–Kier alpha value is 0.350. The molecule has 0 rings (SSSR count). The minimum atomic E-state index is 0.758. The number of hydrogen-bond acceptors (Lipinski definition) is 1. The first kappa shape index (κ1) is 22.4. The first-order valence-electron chi connectivity index (χ1n) is 10.0. The van der Waals surface area contributed by atoms with Crippen molar-refractivity contribution in [1.82, 2.24) is 0 Å². The van der Waals surface area contributed by atoms with Crippen molar-refractivity contribution in [2.75, 3.05) is 0 Å². The predicted molar refractivity (Wildman–Crippen MR) is 106 cm³/mol. The molecular formula is C21H42S. The van der Waals surface area contributed by atoms with Gasteiger partial charge in [-0.25, -0.2) is 0 Å². The molecule has 0 aromatic rings. The van der Waals surface area contributed by atoms with E-state index in [1.165, 1.54) is 96.3 Å². The van der Waals surface area contributed by atoms with Crippen molar-refractivity contribution in [2.45, 2.75) is 122 Å². The third-order valence-electron chi connectivity index (χ3n) is 4.19. The predicted octanol–water partition coefficient (Wildman–Crippen LogP) is 8.37. The van der Waals surface area contributed by atoms with Crippen LogP contribution in [0, 0.1) is 12.7 Å². The lowest BCUT2D eigenvalue weighted by Crippen LogP contribution is -1.86. The highest BCUT2D eigenvalue weighted by Crippen LogP contribution is 2.18. The van der Waals surface area contributed by atoms with Crippen molar-refractivity contribution in [3.05, 3.63) is 12.7 Å². The van der Waals surface area contributed by atoms with Crippen LogP contribution in [0.25, 0.3) is 0 Å². The van der Waals surface area contributed by atoms with Gasteiger partial charge in [0.05, 0.1) is 0 Å². The van der Waals surface area contributed by atoms with E-state index in [0.717, 1.165) is 11.7 Å². The van der Waals surface area contributed by atoms with E-state index in [9.17, 15) is 0 Å². The summed E-state index contributed by atoms with van der Waals surface area (Å²) in [6, 6.07) is 0. The van der Waals surface area contributed by atoms with E-state index in [-0.39, 0.29) is 0 Å². The molecule has 0 nitrogen and oxygen atoms in total. The molecule has 0 fully saturated rings. The second kappa shape index (κ2) is 19.4. The first-order chi connectivity index (χ1) is 10.8. The summed E-state index contributed by atoms with van der Waals surface area (Å²) in [5.74, 6) is 2.41. The van der Waals surface area contributed by atoms with Crippen LogP contribution in [0.2, 0.25) is 0 Å². The Morgan fingerprint density at radius 1 is 0.636 bits per heavy atom. The van der Waals surface area contributed by atoms with Crippen molar-refractivity contribution in [1.29, 1.82) is 0 Å². The van der Waals surface area contributed by atoms with Crippen LogP contribution < -0.4 is 0 Å². The van der Waals surface area contributed by atoms with E-state index in [2.05, 4.69) is 26.5 Å². The fourth-order valence-corrected chi connectivity index (χ4v) is 3.47. The molecule has 0 aliphatic rings. The quantitative estimate of drug-likeness (QED) is 0.228. The summed E-state index contributed by atoms with van der Waals surface area (Å²) >= 11 is 1.99. The molecule has 0 unspecified atom stereocenters. The molecule has 2 radical (unpaired) electrons. The molecule has 0 aromatic carbocycles. The van der Waals surface area contributed by atoms with Gasteiger partial charge in [0, 0.05) is 5.75 Å². The van der Waals surface area contributed by atoms with Crippen LogP contribution in [0.5, 0.6) is 0 Å². The van der Waals surface area contributed by atoms with Crippen LogP contribution in [0.3, 0.4) is 0 Å². The van der Waals surface area contributed by atoms with Gasteiger partial charge in [0.15, 0.2) is 0 Å². The monoisotopic (exact) mass is 326 g/mol. The zero-order valence-electron chi connectivity index (χ0n) is 15.6. The number of rotatable bonds is 18. The van der Waals surface area contributed by atoms with Crippen molar-refractivity contribution < 1.29 is 0 Å². The molecule has 0 aliphatic heterocycles. The molecule has 0 saturated heterocycles. The number of unbranched alkanes of at least 4 members (excludes halogenated alkanes) is 15. The Morgan fingerprint density at radius 3 is 1.36 bits per heavy atom. The maximum atomic E-state index is 3.90. The zero-order chi connectivity index (χ0) is 16.3. The Bertz CT molecular complexity index is 188. The van der Waals surface area contributed by atoms with Gasteiger partial charge in [-0.2, -0.15) is 11.8 Å². The summed E-state index contributed by atoms with van der Waals surface area (Å²) in [7, 11) is 0. The van der Waals surface area contributed by atoms with Crippen LogP contribution in [-0.2, 0) is 0 Å². The van der Waals surface area contributed by atoms with Crippen LogP contribution in [0.1, 0.15) is 117 Å². The minimum Gasteiger partial charge on any atom is -0.155 e. The lowest BCUT2D eigenvalue weighted by molar-refractivity contribution is 0.534. The SMILES string of the molecule is [CH2]CCCCCCCCCCCCCCCC[CH]SC(C)C. The summed E-state index contributed by atoms with van der Waals surface area (Å²) in [4.78, 5) is 0. The summed E-state index contributed by atoms with van der Waals surface area (Å²) in [5, 5.41) is 0.758. The van der Waals surface area contributed by atoms with Crippen molar-refractivity contribution in [3.63, 3.8) is 0 Å².